The first-order chi connectivity index (χ1) is 17.0. The Morgan fingerprint density at radius 3 is 2.42 bits per heavy atom. The largest absolute Gasteiger partial charge is 0.416 e. The average Bonchev–Trinajstić information content (AvgIpc) is 3.31. The number of thiazole rings is 1. The number of anilines is 2. The van der Waals surface area contributed by atoms with Gasteiger partial charge in [0.15, 0.2) is 15.0 Å². The van der Waals surface area contributed by atoms with E-state index in [4.69, 9.17) is 0 Å². The minimum atomic E-state index is -4.40. The van der Waals surface area contributed by atoms with Gasteiger partial charge in [-0.25, -0.2) is 13.4 Å². The Morgan fingerprint density at radius 1 is 1.00 bits per heavy atom. The van der Waals surface area contributed by atoms with E-state index in [-0.39, 0.29) is 17.3 Å². The third-order valence-electron chi connectivity index (χ3n) is 5.16. The van der Waals surface area contributed by atoms with Crippen LogP contribution in [0.2, 0.25) is 0 Å². The molecule has 0 aliphatic rings. The molecule has 1 heterocycles. The summed E-state index contributed by atoms with van der Waals surface area (Å²) in [6.07, 6.45) is -3.29. The van der Waals surface area contributed by atoms with Crippen molar-refractivity contribution in [3.63, 3.8) is 0 Å². The molecule has 0 spiro atoms. The number of halogens is 3. The number of sulfone groups is 1. The molecule has 4 rings (SSSR count). The van der Waals surface area contributed by atoms with Gasteiger partial charge in [-0.1, -0.05) is 24.3 Å². The SMILES string of the molecule is CS(=O)(=O)c1ccc(NC(=O)c2cccc(-c3csc(NCc4cccc(C(F)(F)F)c4)n3)c2)cc1. The molecule has 0 saturated heterocycles. The second-order valence-corrected chi connectivity index (χ2v) is 10.8. The highest BCUT2D eigenvalue weighted by molar-refractivity contribution is 7.90. The van der Waals surface area contributed by atoms with E-state index in [2.05, 4.69) is 15.6 Å². The molecule has 0 radical (unpaired) electrons. The van der Waals surface area contributed by atoms with Crippen LogP contribution in [0.15, 0.2) is 83.1 Å². The third kappa shape index (κ3) is 6.29. The molecule has 0 saturated carbocycles. The predicted octanol–water partition coefficient (Wildman–Crippen LogP) is 6.10. The van der Waals surface area contributed by atoms with Crippen molar-refractivity contribution in [2.75, 3.05) is 16.9 Å². The summed E-state index contributed by atoms with van der Waals surface area (Å²) < 4.78 is 61.9. The van der Waals surface area contributed by atoms with Gasteiger partial charge < -0.3 is 10.6 Å². The van der Waals surface area contributed by atoms with Gasteiger partial charge in [0.05, 0.1) is 16.2 Å². The minimum absolute atomic E-state index is 0.156. The van der Waals surface area contributed by atoms with Crippen molar-refractivity contribution in [3.8, 4) is 11.3 Å². The van der Waals surface area contributed by atoms with E-state index in [1.807, 2.05) is 0 Å². The molecule has 0 fully saturated rings. The monoisotopic (exact) mass is 531 g/mol. The molecule has 0 unspecified atom stereocenters. The van der Waals surface area contributed by atoms with E-state index in [1.54, 1.807) is 35.7 Å². The third-order valence-corrected chi connectivity index (χ3v) is 7.09. The Hall–Kier alpha value is -3.70. The number of carbonyl (C=O) groups is 1. The Morgan fingerprint density at radius 2 is 1.72 bits per heavy atom. The lowest BCUT2D eigenvalue weighted by molar-refractivity contribution is -0.137. The number of hydrogen-bond acceptors (Lipinski definition) is 6. The van der Waals surface area contributed by atoms with Crippen LogP contribution in [0.5, 0.6) is 0 Å². The summed E-state index contributed by atoms with van der Waals surface area (Å²) in [5.41, 5.74) is 1.91. The second kappa shape index (κ2) is 10.1. The first-order valence-electron chi connectivity index (χ1n) is 10.6. The van der Waals surface area contributed by atoms with Crippen LogP contribution in [0.25, 0.3) is 11.3 Å². The number of carbonyl (C=O) groups excluding carboxylic acids is 1. The molecule has 4 aromatic rings. The first kappa shape index (κ1) is 25.4. The Bertz CT molecular complexity index is 1500. The summed E-state index contributed by atoms with van der Waals surface area (Å²) in [4.78, 5) is 17.3. The molecule has 0 bridgehead atoms. The van der Waals surface area contributed by atoms with Crippen LogP contribution in [0.1, 0.15) is 21.5 Å². The van der Waals surface area contributed by atoms with Gasteiger partial charge in [-0.15, -0.1) is 11.3 Å². The smallest absolute Gasteiger partial charge is 0.357 e. The standard InChI is InChI=1S/C25H20F3N3O3S2/c1-36(33,34)21-10-8-20(9-11-21)30-23(32)18-6-3-5-17(13-18)22-15-35-24(31-22)29-14-16-4-2-7-19(12-16)25(26,27)28/h2-13,15H,14H2,1H3,(H,29,31)(H,30,32). The zero-order valence-corrected chi connectivity index (χ0v) is 20.5. The number of amides is 1. The van der Waals surface area contributed by atoms with Crippen molar-refractivity contribution in [2.24, 2.45) is 0 Å². The van der Waals surface area contributed by atoms with Crippen LogP contribution in [-0.4, -0.2) is 25.6 Å². The van der Waals surface area contributed by atoms with Crippen molar-refractivity contribution in [2.45, 2.75) is 17.6 Å². The number of nitrogens with zero attached hydrogens (tertiary/aromatic N) is 1. The van der Waals surface area contributed by atoms with Gasteiger partial charge in [-0.05, 0) is 54.1 Å². The summed E-state index contributed by atoms with van der Waals surface area (Å²) >= 11 is 1.30. The molecule has 11 heteroatoms. The molecule has 0 aliphatic carbocycles. The van der Waals surface area contributed by atoms with Crippen molar-refractivity contribution in [1.29, 1.82) is 0 Å². The van der Waals surface area contributed by atoms with Crippen molar-refractivity contribution in [1.82, 2.24) is 4.98 Å². The van der Waals surface area contributed by atoms with Gasteiger partial charge in [-0.2, -0.15) is 13.2 Å². The van der Waals surface area contributed by atoms with Crippen LogP contribution in [0.4, 0.5) is 24.0 Å². The van der Waals surface area contributed by atoms with Gasteiger partial charge in [0, 0.05) is 35.0 Å². The molecule has 36 heavy (non-hydrogen) atoms. The molecular formula is C25H20F3N3O3S2. The first-order valence-corrected chi connectivity index (χ1v) is 13.3. The molecular weight excluding hydrogens is 511 g/mol. The zero-order chi connectivity index (χ0) is 25.9. The highest BCUT2D eigenvalue weighted by Gasteiger charge is 2.30. The highest BCUT2D eigenvalue weighted by Crippen LogP contribution is 2.30. The number of alkyl halides is 3. The van der Waals surface area contributed by atoms with Crippen LogP contribution < -0.4 is 10.6 Å². The van der Waals surface area contributed by atoms with E-state index in [0.29, 0.717) is 33.2 Å². The predicted molar refractivity (Wildman–Crippen MR) is 134 cm³/mol. The molecule has 2 N–H and O–H groups in total. The second-order valence-electron chi connectivity index (χ2n) is 7.92. The Balaban J connectivity index is 1.43. The number of rotatable bonds is 7. The van der Waals surface area contributed by atoms with Crippen LogP contribution >= 0.6 is 11.3 Å². The lowest BCUT2D eigenvalue weighted by atomic mass is 10.1. The quantitative estimate of drug-likeness (QED) is 0.301. The van der Waals surface area contributed by atoms with E-state index < -0.39 is 21.6 Å². The van der Waals surface area contributed by atoms with E-state index in [9.17, 15) is 26.4 Å². The zero-order valence-electron chi connectivity index (χ0n) is 18.8. The summed E-state index contributed by atoms with van der Waals surface area (Å²) in [5, 5.41) is 8.08. The van der Waals surface area contributed by atoms with Crippen LogP contribution in [0, 0.1) is 0 Å². The Labute approximate surface area is 209 Å². The molecule has 0 atom stereocenters. The normalized spacial score (nSPS) is 11.8. The number of aromatic nitrogens is 1. The molecule has 1 aromatic heterocycles. The molecule has 186 valence electrons. The molecule has 1 amide bonds. The fourth-order valence-corrected chi connectivity index (χ4v) is 4.68. The molecule has 3 aromatic carbocycles. The molecule has 0 aliphatic heterocycles. The number of hydrogen-bond donors (Lipinski definition) is 2. The summed E-state index contributed by atoms with van der Waals surface area (Å²) in [6, 6.07) is 17.8. The number of nitrogens with one attached hydrogen (secondary N) is 2. The topological polar surface area (TPSA) is 88.2 Å². The maximum atomic E-state index is 12.9. The maximum absolute atomic E-state index is 12.9. The summed E-state index contributed by atoms with van der Waals surface area (Å²) in [7, 11) is -3.33. The van der Waals surface area contributed by atoms with Crippen molar-refractivity contribution in [3.05, 3.63) is 94.9 Å². The Kier molecular flexibility index (Phi) is 7.14. The van der Waals surface area contributed by atoms with Gasteiger partial charge in [0.2, 0.25) is 0 Å². The number of benzene rings is 3. The average molecular weight is 532 g/mol. The van der Waals surface area contributed by atoms with Crippen LogP contribution in [0.3, 0.4) is 0 Å². The van der Waals surface area contributed by atoms with Gasteiger partial charge >= 0.3 is 6.18 Å². The summed E-state index contributed by atoms with van der Waals surface area (Å²) in [6.45, 7) is 0.178. The van der Waals surface area contributed by atoms with Crippen molar-refractivity contribution < 1.29 is 26.4 Å². The fraction of sp³-hybridized carbons (Fsp3) is 0.120. The van der Waals surface area contributed by atoms with Crippen molar-refractivity contribution >= 4 is 37.9 Å². The van der Waals surface area contributed by atoms with Gasteiger partial charge in [0.25, 0.3) is 5.91 Å². The minimum Gasteiger partial charge on any atom is -0.357 e. The maximum Gasteiger partial charge on any atom is 0.416 e. The van der Waals surface area contributed by atoms with E-state index in [1.165, 1.54) is 41.7 Å². The van der Waals surface area contributed by atoms with E-state index in [0.717, 1.165) is 18.4 Å². The summed E-state index contributed by atoms with van der Waals surface area (Å²) in [5.74, 6) is -0.373. The highest BCUT2D eigenvalue weighted by atomic mass is 32.2. The lowest BCUT2D eigenvalue weighted by Crippen LogP contribution is -2.12. The van der Waals surface area contributed by atoms with Gasteiger partial charge in [0.1, 0.15) is 0 Å². The van der Waals surface area contributed by atoms with Gasteiger partial charge in [-0.3, -0.25) is 4.79 Å². The fourth-order valence-electron chi connectivity index (χ4n) is 3.33. The van der Waals surface area contributed by atoms with E-state index >= 15 is 0 Å². The van der Waals surface area contributed by atoms with Crippen LogP contribution in [-0.2, 0) is 22.6 Å². The molecule has 6 nitrogen and oxygen atoms in total. The lowest BCUT2D eigenvalue weighted by Gasteiger charge is -2.09.